The van der Waals surface area contributed by atoms with Gasteiger partial charge >= 0.3 is 0 Å². The monoisotopic (exact) mass is 562 g/mol. The lowest BCUT2D eigenvalue weighted by Gasteiger charge is -2.22. The standard InChI is InChI=1S/C33H27ClN4O3/c1-40-30-18-17-23(19-31(30)41-2)28-20-29(38(35-28)33(39)25-15-9-10-16-27(25)34)26-21-37(24-13-7-4-8-14-24)36-32(26)22-11-5-3-6-12-22/h3-19,21,29H,20H2,1-2H3. The zero-order chi connectivity index (χ0) is 28.3. The van der Waals surface area contributed by atoms with Crippen LogP contribution >= 0.6 is 11.6 Å². The molecule has 4 aromatic carbocycles. The van der Waals surface area contributed by atoms with Crippen molar-refractivity contribution in [3.63, 3.8) is 0 Å². The summed E-state index contributed by atoms with van der Waals surface area (Å²) in [5, 5.41) is 11.8. The fourth-order valence-electron chi connectivity index (χ4n) is 5.05. The Morgan fingerprint density at radius 1 is 0.829 bits per heavy atom. The Morgan fingerprint density at radius 2 is 1.51 bits per heavy atom. The number of hydrazone groups is 1. The molecule has 0 saturated carbocycles. The summed E-state index contributed by atoms with van der Waals surface area (Å²) in [6, 6.07) is 32.1. The first-order valence-corrected chi connectivity index (χ1v) is 13.5. The van der Waals surface area contributed by atoms with E-state index in [1.807, 2.05) is 89.7 Å². The first-order valence-electron chi connectivity index (χ1n) is 13.2. The molecule has 0 saturated heterocycles. The number of amides is 1. The van der Waals surface area contributed by atoms with Crippen LogP contribution in [0.2, 0.25) is 5.02 Å². The molecule has 0 bridgehead atoms. The molecule has 1 amide bonds. The van der Waals surface area contributed by atoms with E-state index in [1.54, 1.807) is 38.5 Å². The second-order valence-electron chi connectivity index (χ2n) is 9.55. The van der Waals surface area contributed by atoms with Gasteiger partial charge in [-0.15, -0.1) is 0 Å². The van der Waals surface area contributed by atoms with Gasteiger partial charge in [-0.25, -0.2) is 9.69 Å². The Kier molecular flexibility index (Phi) is 7.27. The highest BCUT2D eigenvalue weighted by Crippen LogP contribution is 2.40. The maximum Gasteiger partial charge on any atom is 0.276 e. The van der Waals surface area contributed by atoms with Gasteiger partial charge in [-0.3, -0.25) is 4.79 Å². The lowest BCUT2D eigenvalue weighted by molar-refractivity contribution is 0.0712. The fraction of sp³-hybridized carbons (Fsp3) is 0.121. The Labute approximate surface area is 243 Å². The number of ether oxygens (including phenoxy) is 2. The van der Waals surface area contributed by atoms with Gasteiger partial charge in [0.15, 0.2) is 11.5 Å². The van der Waals surface area contributed by atoms with Gasteiger partial charge < -0.3 is 9.47 Å². The summed E-state index contributed by atoms with van der Waals surface area (Å²) < 4.78 is 12.8. The van der Waals surface area contributed by atoms with Gasteiger partial charge in [-0.2, -0.15) is 10.2 Å². The number of para-hydroxylation sites is 1. The van der Waals surface area contributed by atoms with Gasteiger partial charge in [0.05, 0.1) is 47.9 Å². The minimum atomic E-state index is -0.436. The molecule has 5 aromatic rings. The zero-order valence-corrected chi connectivity index (χ0v) is 23.3. The van der Waals surface area contributed by atoms with Gasteiger partial charge in [0.2, 0.25) is 0 Å². The summed E-state index contributed by atoms with van der Waals surface area (Å²) in [5.74, 6) is 0.912. The van der Waals surface area contributed by atoms with E-state index in [4.69, 9.17) is 31.3 Å². The van der Waals surface area contributed by atoms with E-state index >= 15 is 0 Å². The van der Waals surface area contributed by atoms with Crippen molar-refractivity contribution in [2.24, 2.45) is 5.10 Å². The van der Waals surface area contributed by atoms with Gasteiger partial charge in [-0.05, 0) is 42.5 Å². The quantitative estimate of drug-likeness (QED) is 0.210. The summed E-state index contributed by atoms with van der Waals surface area (Å²) in [6.07, 6.45) is 2.45. The molecule has 0 spiro atoms. The van der Waals surface area contributed by atoms with Crippen LogP contribution in [0, 0.1) is 0 Å². The molecule has 41 heavy (non-hydrogen) atoms. The predicted octanol–water partition coefficient (Wildman–Crippen LogP) is 7.20. The number of hydrogen-bond donors (Lipinski definition) is 0. The Bertz CT molecular complexity index is 1730. The van der Waals surface area contributed by atoms with Crippen LogP contribution in [-0.4, -0.2) is 40.6 Å². The van der Waals surface area contributed by atoms with Crippen molar-refractivity contribution in [2.45, 2.75) is 12.5 Å². The van der Waals surface area contributed by atoms with Gasteiger partial charge in [0, 0.05) is 29.3 Å². The third-order valence-corrected chi connectivity index (χ3v) is 7.44. The molecule has 6 rings (SSSR count). The Hall–Kier alpha value is -4.88. The maximum atomic E-state index is 14.0. The fourth-order valence-corrected chi connectivity index (χ4v) is 5.27. The zero-order valence-electron chi connectivity index (χ0n) is 22.6. The largest absolute Gasteiger partial charge is 0.493 e. The van der Waals surface area contributed by atoms with E-state index in [0.29, 0.717) is 28.5 Å². The molecule has 204 valence electrons. The molecule has 1 unspecified atom stereocenters. The highest BCUT2D eigenvalue weighted by atomic mass is 35.5. The van der Waals surface area contributed by atoms with Crippen molar-refractivity contribution in [2.75, 3.05) is 14.2 Å². The number of benzene rings is 4. The molecule has 0 aliphatic carbocycles. The molecule has 8 heteroatoms. The molecule has 1 aliphatic rings. The molecule has 0 N–H and O–H groups in total. The van der Waals surface area contributed by atoms with Crippen molar-refractivity contribution in [1.82, 2.24) is 14.8 Å². The summed E-state index contributed by atoms with van der Waals surface area (Å²) in [6.45, 7) is 0. The molecule has 2 heterocycles. The van der Waals surface area contributed by atoms with Gasteiger partial charge in [0.25, 0.3) is 5.91 Å². The molecule has 1 aliphatic heterocycles. The molecule has 7 nitrogen and oxygen atoms in total. The molecule has 1 atom stereocenters. The maximum absolute atomic E-state index is 14.0. The van der Waals surface area contributed by atoms with Crippen LogP contribution in [0.15, 0.2) is 114 Å². The van der Waals surface area contributed by atoms with Crippen LogP contribution in [0.3, 0.4) is 0 Å². The summed E-state index contributed by atoms with van der Waals surface area (Å²) in [7, 11) is 3.19. The van der Waals surface area contributed by atoms with Crippen molar-refractivity contribution in [1.29, 1.82) is 0 Å². The molecular formula is C33H27ClN4O3. The van der Waals surface area contributed by atoms with E-state index in [9.17, 15) is 4.79 Å². The minimum Gasteiger partial charge on any atom is -0.493 e. The highest BCUT2D eigenvalue weighted by Gasteiger charge is 2.37. The number of aromatic nitrogens is 2. The normalized spacial score (nSPS) is 14.6. The second-order valence-corrected chi connectivity index (χ2v) is 9.95. The SMILES string of the molecule is COc1ccc(C2=NN(C(=O)c3ccccc3Cl)C(c3cn(-c4ccccc4)nc3-c3ccccc3)C2)cc1OC. The number of methoxy groups -OCH3 is 2. The van der Waals surface area contributed by atoms with E-state index in [2.05, 4.69) is 0 Å². The molecular weight excluding hydrogens is 536 g/mol. The summed E-state index contributed by atoms with van der Waals surface area (Å²) >= 11 is 6.49. The molecule has 0 radical (unpaired) electrons. The van der Waals surface area contributed by atoms with E-state index in [1.165, 1.54) is 5.01 Å². The van der Waals surface area contributed by atoms with Crippen LogP contribution in [0.5, 0.6) is 11.5 Å². The Morgan fingerprint density at radius 3 is 2.22 bits per heavy atom. The van der Waals surface area contributed by atoms with E-state index in [-0.39, 0.29) is 5.91 Å². The van der Waals surface area contributed by atoms with Crippen LogP contribution in [0.4, 0.5) is 0 Å². The third kappa shape index (κ3) is 5.08. The summed E-state index contributed by atoms with van der Waals surface area (Å²) in [4.78, 5) is 14.0. The Balaban J connectivity index is 1.50. The lowest BCUT2D eigenvalue weighted by Crippen LogP contribution is -2.27. The third-order valence-electron chi connectivity index (χ3n) is 7.11. The van der Waals surface area contributed by atoms with E-state index < -0.39 is 6.04 Å². The minimum absolute atomic E-state index is 0.289. The highest BCUT2D eigenvalue weighted by molar-refractivity contribution is 6.33. The van der Waals surface area contributed by atoms with Gasteiger partial charge in [-0.1, -0.05) is 72.3 Å². The number of nitrogens with zero attached hydrogens (tertiary/aromatic N) is 4. The predicted molar refractivity (Wildman–Crippen MR) is 160 cm³/mol. The lowest BCUT2D eigenvalue weighted by atomic mass is 9.96. The second kappa shape index (κ2) is 11.3. The van der Waals surface area contributed by atoms with Crippen LogP contribution in [0.25, 0.3) is 16.9 Å². The first kappa shape index (κ1) is 26.3. The molecule has 1 aromatic heterocycles. The van der Waals surface area contributed by atoms with E-state index in [0.717, 1.165) is 33.8 Å². The number of hydrogen-bond acceptors (Lipinski definition) is 5. The van der Waals surface area contributed by atoms with Crippen molar-refractivity contribution < 1.29 is 14.3 Å². The van der Waals surface area contributed by atoms with Crippen LogP contribution in [-0.2, 0) is 0 Å². The molecule has 0 fully saturated rings. The average Bonchev–Trinajstić information content (AvgIpc) is 3.67. The van der Waals surface area contributed by atoms with Crippen LogP contribution < -0.4 is 9.47 Å². The number of carbonyl (C=O) groups is 1. The van der Waals surface area contributed by atoms with Crippen molar-refractivity contribution >= 4 is 23.2 Å². The smallest absolute Gasteiger partial charge is 0.276 e. The average molecular weight is 563 g/mol. The van der Waals surface area contributed by atoms with Crippen molar-refractivity contribution in [3.05, 3.63) is 131 Å². The first-order chi connectivity index (χ1) is 20.1. The van der Waals surface area contributed by atoms with Crippen molar-refractivity contribution in [3.8, 4) is 28.4 Å². The number of rotatable bonds is 7. The topological polar surface area (TPSA) is 69.0 Å². The van der Waals surface area contributed by atoms with Gasteiger partial charge in [0.1, 0.15) is 0 Å². The number of carbonyl (C=O) groups excluding carboxylic acids is 1. The van der Waals surface area contributed by atoms with Crippen LogP contribution in [0.1, 0.15) is 33.9 Å². The number of halogens is 1. The summed E-state index contributed by atoms with van der Waals surface area (Å²) in [5.41, 5.74) is 5.47.